The summed E-state index contributed by atoms with van der Waals surface area (Å²) in [5.41, 5.74) is -3.78. The lowest BCUT2D eigenvalue weighted by molar-refractivity contribution is -0.143. The fraction of sp³-hybridized carbons (Fsp3) is 0.562. The van der Waals surface area contributed by atoms with Gasteiger partial charge in [0.05, 0.1) is 29.8 Å². The van der Waals surface area contributed by atoms with Gasteiger partial charge >= 0.3 is 24.5 Å². The van der Waals surface area contributed by atoms with Crippen molar-refractivity contribution in [3.63, 3.8) is 0 Å². The van der Waals surface area contributed by atoms with Crippen molar-refractivity contribution in [1.29, 1.82) is 0 Å². The fourth-order valence-electron chi connectivity index (χ4n) is 7.06. The first-order valence-corrected chi connectivity index (χ1v) is 15.8. The maximum absolute atomic E-state index is 14.1. The van der Waals surface area contributed by atoms with E-state index in [1.807, 2.05) is 11.8 Å². The molecule has 5 rings (SSSR count). The smallest absolute Gasteiger partial charge is 0.416 e. The molecule has 2 heterocycles. The number of halogens is 9. The topological polar surface area (TPSA) is 87.4 Å². The van der Waals surface area contributed by atoms with E-state index in [0.29, 0.717) is 43.6 Å². The minimum absolute atomic E-state index is 0.0140. The molecule has 17 heteroatoms. The molecular weight excluding hydrogens is 671 g/mol. The average molecular weight is 707 g/mol. The number of nitrogens with zero attached hydrogens (tertiary/aromatic N) is 6. The Morgan fingerprint density at radius 1 is 0.878 bits per heavy atom. The number of carboxylic acid groups (broad SMARTS) is 1. The predicted molar refractivity (Wildman–Crippen MR) is 159 cm³/mol. The van der Waals surface area contributed by atoms with Crippen LogP contribution in [0.5, 0.6) is 0 Å². The number of fused-ring (bicyclic) bond motifs is 1. The SMILES string of the molecule is CCC1CC(N(Cc2cc(C(F)(F)F)cc(C(F)(F)F)c2)c2nnn(C)n2)c2cc(C(F)(F)F)ccc2N1CC1CCC(CC(=O)O)CC1. The molecule has 1 fully saturated rings. The lowest BCUT2D eigenvalue weighted by Gasteiger charge is -2.47. The summed E-state index contributed by atoms with van der Waals surface area (Å²) in [5, 5.41) is 21.1. The van der Waals surface area contributed by atoms with Crippen LogP contribution in [0, 0.1) is 11.8 Å². The molecule has 268 valence electrons. The highest BCUT2D eigenvalue weighted by atomic mass is 19.4. The number of carbonyl (C=O) groups is 1. The van der Waals surface area contributed by atoms with Gasteiger partial charge in [-0.15, -0.1) is 5.10 Å². The Morgan fingerprint density at radius 3 is 1.98 bits per heavy atom. The Labute approximate surface area is 275 Å². The van der Waals surface area contributed by atoms with Gasteiger partial charge in [0.25, 0.3) is 5.95 Å². The highest BCUT2D eigenvalue weighted by Crippen LogP contribution is 2.47. The van der Waals surface area contributed by atoms with Crippen LogP contribution in [-0.2, 0) is 36.9 Å². The van der Waals surface area contributed by atoms with Crippen LogP contribution in [0.4, 0.5) is 51.1 Å². The zero-order chi connectivity index (χ0) is 35.9. The Kier molecular flexibility index (Phi) is 10.1. The van der Waals surface area contributed by atoms with Crippen molar-refractivity contribution in [2.45, 2.75) is 89.0 Å². The van der Waals surface area contributed by atoms with Gasteiger partial charge in [0.2, 0.25) is 0 Å². The van der Waals surface area contributed by atoms with Gasteiger partial charge in [0.15, 0.2) is 0 Å². The molecule has 0 amide bonds. The molecule has 1 aliphatic heterocycles. The van der Waals surface area contributed by atoms with Crippen molar-refractivity contribution in [3.8, 4) is 0 Å². The van der Waals surface area contributed by atoms with Gasteiger partial charge in [-0.25, -0.2) is 0 Å². The second kappa shape index (κ2) is 13.7. The molecule has 1 aromatic heterocycles. The zero-order valence-electron chi connectivity index (χ0n) is 26.6. The van der Waals surface area contributed by atoms with Gasteiger partial charge in [-0.05, 0) is 103 Å². The fourth-order valence-corrected chi connectivity index (χ4v) is 7.06. The zero-order valence-corrected chi connectivity index (χ0v) is 26.6. The van der Waals surface area contributed by atoms with Gasteiger partial charge in [-0.1, -0.05) is 12.0 Å². The van der Waals surface area contributed by atoms with Crippen LogP contribution in [-0.4, -0.2) is 43.9 Å². The van der Waals surface area contributed by atoms with Crippen LogP contribution in [0.25, 0.3) is 0 Å². The lowest BCUT2D eigenvalue weighted by atomic mass is 9.79. The van der Waals surface area contributed by atoms with Crippen LogP contribution in [0.2, 0.25) is 0 Å². The summed E-state index contributed by atoms with van der Waals surface area (Å²) in [7, 11) is 1.40. The van der Waals surface area contributed by atoms with Crippen molar-refractivity contribution in [3.05, 3.63) is 64.2 Å². The Balaban J connectivity index is 1.58. The quantitative estimate of drug-likeness (QED) is 0.224. The predicted octanol–water partition coefficient (Wildman–Crippen LogP) is 8.28. The van der Waals surface area contributed by atoms with E-state index in [4.69, 9.17) is 0 Å². The summed E-state index contributed by atoms with van der Waals surface area (Å²) in [5.74, 6) is -0.867. The van der Waals surface area contributed by atoms with Crippen LogP contribution >= 0.6 is 0 Å². The molecule has 2 atom stereocenters. The van der Waals surface area contributed by atoms with E-state index in [1.165, 1.54) is 18.0 Å². The number of anilines is 2. The van der Waals surface area contributed by atoms with Gasteiger partial charge in [0, 0.05) is 31.2 Å². The van der Waals surface area contributed by atoms with E-state index >= 15 is 0 Å². The molecule has 1 aliphatic carbocycles. The van der Waals surface area contributed by atoms with E-state index in [0.717, 1.165) is 29.8 Å². The Hall–Kier alpha value is -4.05. The van der Waals surface area contributed by atoms with Crippen LogP contribution < -0.4 is 9.80 Å². The molecular formula is C32H35F9N6O2. The minimum atomic E-state index is -5.11. The molecule has 2 unspecified atom stereocenters. The van der Waals surface area contributed by atoms with Gasteiger partial charge < -0.3 is 14.9 Å². The third-order valence-electron chi connectivity index (χ3n) is 9.45. The highest BCUT2D eigenvalue weighted by molar-refractivity contribution is 5.67. The summed E-state index contributed by atoms with van der Waals surface area (Å²) in [6, 6.07) is 3.20. The first-order chi connectivity index (χ1) is 22.8. The lowest BCUT2D eigenvalue weighted by Crippen LogP contribution is -2.47. The molecule has 2 aliphatic rings. The number of benzene rings is 2. The van der Waals surface area contributed by atoms with Crippen LogP contribution in [0.3, 0.4) is 0 Å². The largest absolute Gasteiger partial charge is 0.481 e. The standard InChI is InChI=1S/C32H35F9N6O2/c1-3-24-15-27(47(29-42-44-45(2)43-29)17-20-10-22(31(36,37)38)13-23(11-20)32(39,40)41)25-14-21(30(33,34)35)8-9-26(25)46(24)16-19-6-4-18(5-7-19)12-28(48)49/h8-11,13-14,18-19,24,27H,3-7,12,15-17H2,1-2H3,(H,48,49). The van der Waals surface area contributed by atoms with Crippen molar-refractivity contribution < 1.29 is 49.4 Å². The molecule has 0 spiro atoms. The Bertz CT molecular complexity index is 1600. The van der Waals surface area contributed by atoms with E-state index in [-0.39, 0.29) is 48.3 Å². The number of aryl methyl sites for hydroxylation is 1. The van der Waals surface area contributed by atoms with E-state index in [2.05, 4.69) is 15.4 Å². The highest BCUT2D eigenvalue weighted by Gasteiger charge is 2.42. The maximum atomic E-state index is 14.1. The Morgan fingerprint density at radius 2 is 1.47 bits per heavy atom. The van der Waals surface area contributed by atoms with Gasteiger partial charge in [-0.3, -0.25) is 4.79 Å². The summed E-state index contributed by atoms with van der Waals surface area (Å²) in [4.78, 5) is 15.6. The second-order valence-electron chi connectivity index (χ2n) is 12.8. The summed E-state index contributed by atoms with van der Waals surface area (Å²) in [6.45, 7) is 1.78. The molecule has 1 N–H and O–H groups in total. The molecule has 0 radical (unpaired) electrons. The normalized spacial score (nSPS) is 21.8. The van der Waals surface area contributed by atoms with Crippen LogP contribution in [0.15, 0.2) is 36.4 Å². The number of aliphatic carboxylic acids is 1. The van der Waals surface area contributed by atoms with E-state index in [9.17, 15) is 49.4 Å². The third-order valence-corrected chi connectivity index (χ3v) is 9.45. The molecule has 3 aromatic rings. The van der Waals surface area contributed by atoms with Crippen LogP contribution in [0.1, 0.15) is 85.7 Å². The summed E-state index contributed by atoms with van der Waals surface area (Å²) < 4.78 is 125. The van der Waals surface area contributed by atoms with Crippen molar-refractivity contribution >= 4 is 17.6 Å². The monoisotopic (exact) mass is 706 g/mol. The molecule has 8 nitrogen and oxygen atoms in total. The first-order valence-electron chi connectivity index (χ1n) is 15.8. The molecule has 0 saturated heterocycles. The summed E-state index contributed by atoms with van der Waals surface area (Å²) >= 11 is 0. The molecule has 1 saturated carbocycles. The van der Waals surface area contributed by atoms with Gasteiger partial charge in [0.1, 0.15) is 0 Å². The average Bonchev–Trinajstić information content (AvgIpc) is 3.45. The summed E-state index contributed by atoms with van der Waals surface area (Å²) in [6.07, 6.45) is -11.3. The number of alkyl halides is 9. The van der Waals surface area contributed by atoms with E-state index < -0.39 is 59.3 Å². The number of tetrazole rings is 1. The minimum Gasteiger partial charge on any atom is -0.481 e. The second-order valence-corrected chi connectivity index (χ2v) is 12.8. The van der Waals surface area contributed by atoms with Gasteiger partial charge in [-0.2, -0.15) is 44.3 Å². The molecule has 2 aromatic carbocycles. The number of hydrogen-bond donors (Lipinski definition) is 1. The van der Waals surface area contributed by atoms with Crippen molar-refractivity contribution in [2.24, 2.45) is 18.9 Å². The van der Waals surface area contributed by atoms with E-state index in [1.54, 1.807) is 0 Å². The number of carboxylic acids is 1. The van der Waals surface area contributed by atoms with Crippen molar-refractivity contribution in [1.82, 2.24) is 20.2 Å². The molecule has 49 heavy (non-hydrogen) atoms. The maximum Gasteiger partial charge on any atom is 0.416 e. The molecule has 0 bridgehead atoms. The first kappa shape index (κ1) is 36.2. The number of rotatable bonds is 9. The third kappa shape index (κ3) is 8.40. The number of hydrogen-bond acceptors (Lipinski definition) is 6. The van der Waals surface area contributed by atoms with Crippen molar-refractivity contribution in [2.75, 3.05) is 16.3 Å². The number of aromatic nitrogens is 4.